The highest BCUT2D eigenvalue weighted by Gasteiger charge is 2.37. The van der Waals surface area contributed by atoms with Crippen molar-refractivity contribution >= 4 is 12.0 Å². The van der Waals surface area contributed by atoms with Crippen molar-refractivity contribution in [2.75, 3.05) is 6.61 Å². The Kier molecular flexibility index (Phi) is 7.75. The summed E-state index contributed by atoms with van der Waals surface area (Å²) in [5, 5.41) is 0. The minimum atomic E-state index is -0.521. The third kappa shape index (κ3) is 6.45. The van der Waals surface area contributed by atoms with Crippen LogP contribution in [0, 0.1) is 0 Å². The van der Waals surface area contributed by atoms with Crippen molar-refractivity contribution in [2.45, 2.75) is 44.8 Å². The van der Waals surface area contributed by atoms with E-state index in [0.29, 0.717) is 19.4 Å². The van der Waals surface area contributed by atoms with Gasteiger partial charge < -0.3 is 9.47 Å². The van der Waals surface area contributed by atoms with Crippen molar-refractivity contribution in [3.05, 3.63) is 102 Å². The number of unbranched alkanes of at least 4 members (excludes halogenated alkanes) is 1. The quantitative estimate of drug-likeness (QED) is 0.385. The molecule has 170 valence electrons. The highest BCUT2D eigenvalue weighted by molar-refractivity contribution is 5.93. The molecule has 0 unspecified atom stereocenters. The highest BCUT2D eigenvalue weighted by atomic mass is 16.6. The van der Waals surface area contributed by atoms with Crippen LogP contribution in [0.2, 0.25) is 0 Å². The largest absolute Gasteiger partial charge is 0.489 e. The first kappa shape index (κ1) is 22.6. The third-order valence-corrected chi connectivity index (χ3v) is 5.82. The second-order valence-electron chi connectivity index (χ2n) is 8.31. The second-order valence-corrected chi connectivity index (χ2v) is 8.31. The van der Waals surface area contributed by atoms with E-state index in [1.54, 1.807) is 0 Å². The maximum atomic E-state index is 12.7. The van der Waals surface area contributed by atoms with Crippen LogP contribution in [-0.4, -0.2) is 29.5 Å². The number of hydrogen-bond donors (Lipinski definition) is 0. The fourth-order valence-corrected chi connectivity index (χ4v) is 4.02. The molecule has 1 saturated heterocycles. The lowest BCUT2D eigenvalue weighted by Gasteiger charge is -2.19. The van der Waals surface area contributed by atoms with Crippen molar-refractivity contribution in [3.63, 3.8) is 0 Å². The summed E-state index contributed by atoms with van der Waals surface area (Å²) < 4.78 is 11.0. The lowest BCUT2D eigenvalue weighted by atomic mass is 10.0. The molecule has 5 heteroatoms. The lowest BCUT2D eigenvalue weighted by Crippen LogP contribution is -2.40. The van der Waals surface area contributed by atoms with Gasteiger partial charge in [-0.2, -0.15) is 0 Å². The van der Waals surface area contributed by atoms with E-state index >= 15 is 0 Å². The Bertz CT molecular complexity index is 1030. The van der Waals surface area contributed by atoms with Gasteiger partial charge in [-0.3, -0.25) is 4.79 Å². The number of nitrogens with zero attached hydrogens (tertiary/aromatic N) is 1. The molecule has 1 heterocycles. The number of carbonyl (C=O) groups excluding carboxylic acids is 2. The third-order valence-electron chi connectivity index (χ3n) is 5.82. The fraction of sp³-hybridized carbons (Fsp3) is 0.286. The maximum Gasteiger partial charge on any atom is 0.416 e. The van der Waals surface area contributed by atoms with E-state index in [1.807, 2.05) is 72.8 Å². The minimum absolute atomic E-state index is 0.150. The van der Waals surface area contributed by atoms with E-state index in [0.717, 1.165) is 36.1 Å². The molecule has 2 amide bonds. The van der Waals surface area contributed by atoms with Gasteiger partial charge >= 0.3 is 6.09 Å². The summed E-state index contributed by atoms with van der Waals surface area (Å²) in [4.78, 5) is 26.1. The zero-order chi connectivity index (χ0) is 22.9. The van der Waals surface area contributed by atoms with Gasteiger partial charge in [0.1, 0.15) is 19.0 Å². The Labute approximate surface area is 194 Å². The highest BCUT2D eigenvalue weighted by Crippen LogP contribution is 2.20. The Morgan fingerprint density at radius 2 is 1.52 bits per heavy atom. The van der Waals surface area contributed by atoms with Crippen LogP contribution < -0.4 is 4.74 Å². The Hall–Kier alpha value is -3.60. The van der Waals surface area contributed by atoms with Crippen molar-refractivity contribution in [1.29, 1.82) is 0 Å². The molecule has 0 radical (unpaired) electrons. The van der Waals surface area contributed by atoms with Crippen LogP contribution in [0.25, 0.3) is 0 Å². The Morgan fingerprint density at radius 3 is 2.21 bits per heavy atom. The first-order valence-electron chi connectivity index (χ1n) is 11.5. The van der Waals surface area contributed by atoms with Gasteiger partial charge in [-0.25, -0.2) is 9.69 Å². The van der Waals surface area contributed by atoms with Gasteiger partial charge in [0.15, 0.2) is 0 Å². The Morgan fingerprint density at radius 1 is 0.848 bits per heavy atom. The van der Waals surface area contributed by atoms with Gasteiger partial charge in [0.25, 0.3) is 0 Å². The number of cyclic esters (lactones) is 1. The fourth-order valence-electron chi connectivity index (χ4n) is 4.02. The normalized spacial score (nSPS) is 15.3. The summed E-state index contributed by atoms with van der Waals surface area (Å²) >= 11 is 0. The van der Waals surface area contributed by atoms with Crippen LogP contribution in [0.3, 0.4) is 0 Å². The maximum absolute atomic E-state index is 12.7. The molecule has 0 spiro atoms. The van der Waals surface area contributed by atoms with Crippen molar-refractivity contribution in [1.82, 2.24) is 4.90 Å². The van der Waals surface area contributed by atoms with Gasteiger partial charge in [-0.05, 0) is 54.5 Å². The van der Waals surface area contributed by atoms with E-state index in [-0.39, 0.29) is 18.6 Å². The average Bonchev–Trinajstić information content (AvgIpc) is 3.22. The molecule has 0 bridgehead atoms. The van der Waals surface area contributed by atoms with Crippen LogP contribution >= 0.6 is 0 Å². The number of imide groups is 1. The van der Waals surface area contributed by atoms with E-state index in [1.165, 1.54) is 10.5 Å². The molecule has 4 rings (SSSR count). The second kappa shape index (κ2) is 11.3. The Balaban J connectivity index is 1.19. The van der Waals surface area contributed by atoms with Crippen LogP contribution in [-0.2, 0) is 29.0 Å². The van der Waals surface area contributed by atoms with Gasteiger partial charge in [-0.1, -0.05) is 72.8 Å². The van der Waals surface area contributed by atoms with Gasteiger partial charge in [0.2, 0.25) is 5.91 Å². The van der Waals surface area contributed by atoms with Gasteiger partial charge in [0.05, 0.1) is 6.04 Å². The molecule has 1 atom stereocenters. The van der Waals surface area contributed by atoms with Gasteiger partial charge in [-0.15, -0.1) is 0 Å². The molecule has 33 heavy (non-hydrogen) atoms. The van der Waals surface area contributed by atoms with Gasteiger partial charge in [0, 0.05) is 6.42 Å². The van der Waals surface area contributed by atoms with Crippen molar-refractivity contribution in [3.8, 4) is 5.75 Å². The van der Waals surface area contributed by atoms with Crippen LogP contribution in [0.5, 0.6) is 5.75 Å². The molecule has 3 aromatic rings. The van der Waals surface area contributed by atoms with E-state index < -0.39 is 6.09 Å². The smallest absolute Gasteiger partial charge is 0.416 e. The number of benzene rings is 3. The number of amides is 2. The molecule has 0 N–H and O–H groups in total. The number of aryl methyl sites for hydroxylation is 1. The standard InChI is InChI=1S/C28H29NO4/c30-27(29-25(21-33-28(29)31)19-23-10-3-1-4-11-23)14-8-7-9-22-15-17-26(18-16-22)32-20-24-12-5-2-6-13-24/h1-6,10-13,15-18,25H,7-9,14,19-21H2/t25-/m0/s1. The molecule has 5 nitrogen and oxygen atoms in total. The van der Waals surface area contributed by atoms with Crippen LogP contribution in [0.4, 0.5) is 4.79 Å². The molecular formula is C28H29NO4. The molecule has 0 aromatic heterocycles. The monoisotopic (exact) mass is 443 g/mol. The van der Waals surface area contributed by atoms with Crippen LogP contribution in [0.15, 0.2) is 84.9 Å². The first-order chi connectivity index (χ1) is 16.2. The zero-order valence-corrected chi connectivity index (χ0v) is 18.7. The predicted molar refractivity (Wildman–Crippen MR) is 127 cm³/mol. The summed E-state index contributed by atoms with van der Waals surface area (Å²) in [5.74, 6) is 0.692. The summed E-state index contributed by atoms with van der Waals surface area (Å²) in [6, 6.07) is 27.8. The predicted octanol–water partition coefficient (Wildman–Crippen LogP) is 5.57. The number of rotatable bonds is 10. The molecule has 1 fully saturated rings. The number of carbonyl (C=O) groups is 2. The average molecular weight is 444 g/mol. The zero-order valence-electron chi connectivity index (χ0n) is 18.7. The number of ether oxygens (including phenoxy) is 2. The summed E-state index contributed by atoms with van der Waals surface area (Å²) in [6.45, 7) is 0.810. The molecule has 1 aliphatic rings. The first-order valence-corrected chi connectivity index (χ1v) is 11.5. The SMILES string of the molecule is O=C(CCCCc1ccc(OCc2ccccc2)cc1)N1C(=O)OC[C@@H]1Cc1ccccc1. The molecule has 0 saturated carbocycles. The van der Waals surface area contributed by atoms with Crippen LogP contribution in [0.1, 0.15) is 36.0 Å². The van der Waals surface area contributed by atoms with Crippen molar-refractivity contribution < 1.29 is 19.1 Å². The lowest BCUT2D eigenvalue weighted by molar-refractivity contribution is -0.129. The molecular weight excluding hydrogens is 414 g/mol. The minimum Gasteiger partial charge on any atom is -0.489 e. The summed E-state index contributed by atoms with van der Waals surface area (Å²) in [5.41, 5.74) is 3.44. The van der Waals surface area contributed by atoms with E-state index in [9.17, 15) is 9.59 Å². The molecule has 3 aromatic carbocycles. The van der Waals surface area contributed by atoms with Crippen molar-refractivity contribution in [2.24, 2.45) is 0 Å². The van der Waals surface area contributed by atoms with E-state index in [4.69, 9.17) is 9.47 Å². The molecule has 1 aliphatic heterocycles. The topological polar surface area (TPSA) is 55.8 Å². The summed E-state index contributed by atoms with van der Waals surface area (Å²) in [7, 11) is 0. The number of hydrogen-bond acceptors (Lipinski definition) is 4. The van der Waals surface area contributed by atoms with E-state index in [2.05, 4.69) is 12.1 Å². The molecule has 0 aliphatic carbocycles. The summed E-state index contributed by atoms with van der Waals surface area (Å²) in [6.07, 6.45) is 2.93.